The summed E-state index contributed by atoms with van der Waals surface area (Å²) in [6, 6.07) is 5.04. The van der Waals surface area contributed by atoms with Crippen molar-refractivity contribution < 1.29 is 9.90 Å². The van der Waals surface area contributed by atoms with E-state index in [-0.39, 0.29) is 6.04 Å². The zero-order valence-electron chi connectivity index (χ0n) is 7.46. The maximum Gasteiger partial charge on any atom is 0.336 e. The summed E-state index contributed by atoms with van der Waals surface area (Å²) in [6.45, 7) is 0.941. The molecule has 0 aliphatic carbocycles. The van der Waals surface area contributed by atoms with Crippen LogP contribution in [0.5, 0.6) is 0 Å². The van der Waals surface area contributed by atoms with Crippen molar-refractivity contribution in [3.8, 4) is 0 Å². The quantitative estimate of drug-likeness (QED) is 0.788. The van der Waals surface area contributed by atoms with Crippen molar-refractivity contribution in [2.45, 2.75) is 12.5 Å². The van der Waals surface area contributed by atoms with Gasteiger partial charge in [0.05, 0.1) is 5.56 Å². The maximum atomic E-state index is 10.9. The van der Waals surface area contributed by atoms with Crippen molar-refractivity contribution >= 4 is 17.6 Å². The first-order valence-electron chi connectivity index (χ1n) is 4.44. The fourth-order valence-corrected chi connectivity index (χ4v) is 1.75. The standard InChI is InChI=1S/C10H10ClNO2/c11-6-1-2-7(10(13)14)8(5-6)9-3-4-12-9/h1-2,5,9,12H,3-4H2,(H,13,14). The third kappa shape index (κ3) is 1.61. The van der Waals surface area contributed by atoms with Gasteiger partial charge < -0.3 is 10.4 Å². The lowest BCUT2D eigenvalue weighted by molar-refractivity contribution is 0.0694. The molecule has 1 heterocycles. The fourth-order valence-electron chi connectivity index (χ4n) is 1.57. The molecule has 0 saturated carbocycles. The molecule has 1 atom stereocenters. The average molecular weight is 212 g/mol. The highest BCUT2D eigenvalue weighted by molar-refractivity contribution is 6.30. The van der Waals surface area contributed by atoms with Crippen LogP contribution in [0.3, 0.4) is 0 Å². The van der Waals surface area contributed by atoms with Crippen LogP contribution in [-0.2, 0) is 0 Å². The van der Waals surface area contributed by atoms with E-state index in [0.717, 1.165) is 18.5 Å². The molecule has 0 spiro atoms. The largest absolute Gasteiger partial charge is 0.478 e. The molecule has 0 amide bonds. The number of halogens is 1. The van der Waals surface area contributed by atoms with Crippen molar-refractivity contribution in [2.75, 3.05) is 6.54 Å². The summed E-state index contributed by atoms with van der Waals surface area (Å²) < 4.78 is 0. The van der Waals surface area contributed by atoms with E-state index < -0.39 is 5.97 Å². The molecule has 14 heavy (non-hydrogen) atoms. The summed E-state index contributed by atoms with van der Waals surface area (Å²) >= 11 is 5.83. The van der Waals surface area contributed by atoms with Gasteiger partial charge in [-0.3, -0.25) is 0 Å². The van der Waals surface area contributed by atoms with E-state index in [1.54, 1.807) is 18.2 Å². The van der Waals surface area contributed by atoms with E-state index >= 15 is 0 Å². The van der Waals surface area contributed by atoms with Crippen LogP contribution >= 0.6 is 11.6 Å². The summed E-state index contributed by atoms with van der Waals surface area (Å²) in [4.78, 5) is 10.9. The molecule has 74 valence electrons. The zero-order chi connectivity index (χ0) is 10.1. The number of aromatic carboxylic acids is 1. The topological polar surface area (TPSA) is 49.3 Å². The third-order valence-corrected chi connectivity index (χ3v) is 2.68. The number of hydrogen-bond acceptors (Lipinski definition) is 2. The van der Waals surface area contributed by atoms with Gasteiger partial charge in [0.15, 0.2) is 0 Å². The first-order chi connectivity index (χ1) is 6.68. The van der Waals surface area contributed by atoms with Crippen molar-refractivity contribution in [3.63, 3.8) is 0 Å². The second-order valence-electron chi connectivity index (χ2n) is 3.33. The second kappa shape index (κ2) is 3.59. The molecule has 1 aromatic rings. The molecule has 1 aliphatic rings. The molecule has 2 rings (SSSR count). The minimum atomic E-state index is -0.898. The molecule has 1 saturated heterocycles. The Labute approximate surface area is 86.7 Å². The van der Waals surface area contributed by atoms with Crippen LogP contribution in [0, 0.1) is 0 Å². The van der Waals surface area contributed by atoms with Crippen molar-refractivity contribution in [2.24, 2.45) is 0 Å². The van der Waals surface area contributed by atoms with Crippen molar-refractivity contribution in [3.05, 3.63) is 34.3 Å². The molecule has 1 aliphatic heterocycles. The lowest BCUT2D eigenvalue weighted by Gasteiger charge is -2.29. The van der Waals surface area contributed by atoms with Gasteiger partial charge in [0.25, 0.3) is 0 Å². The van der Waals surface area contributed by atoms with Gasteiger partial charge >= 0.3 is 5.97 Å². The maximum absolute atomic E-state index is 10.9. The second-order valence-corrected chi connectivity index (χ2v) is 3.77. The first-order valence-corrected chi connectivity index (χ1v) is 4.82. The number of carboxylic acids is 1. The van der Waals surface area contributed by atoms with Crippen LogP contribution in [0.2, 0.25) is 5.02 Å². The van der Waals surface area contributed by atoms with E-state index in [1.165, 1.54) is 0 Å². The molecule has 1 unspecified atom stereocenters. The van der Waals surface area contributed by atoms with Gasteiger partial charge in [-0.05, 0) is 36.7 Å². The fraction of sp³-hybridized carbons (Fsp3) is 0.300. The van der Waals surface area contributed by atoms with Crippen LogP contribution in [-0.4, -0.2) is 17.6 Å². The van der Waals surface area contributed by atoms with Gasteiger partial charge in [-0.25, -0.2) is 4.79 Å². The summed E-state index contributed by atoms with van der Waals surface area (Å²) in [5.41, 5.74) is 1.13. The minimum Gasteiger partial charge on any atom is -0.478 e. The van der Waals surface area contributed by atoms with E-state index in [4.69, 9.17) is 16.7 Å². The Balaban J connectivity index is 2.42. The predicted octanol–water partition coefficient (Wildman–Crippen LogP) is 2.07. The third-order valence-electron chi connectivity index (χ3n) is 2.44. The average Bonchev–Trinajstić information content (AvgIpc) is 2.00. The Morgan fingerprint density at radius 2 is 2.29 bits per heavy atom. The molecule has 3 nitrogen and oxygen atoms in total. The minimum absolute atomic E-state index is 0.153. The molecule has 0 bridgehead atoms. The summed E-state index contributed by atoms with van der Waals surface area (Å²) in [5.74, 6) is -0.898. The Bertz CT molecular complexity index is 374. The molecular formula is C10H10ClNO2. The lowest BCUT2D eigenvalue weighted by atomic mass is 9.93. The number of benzene rings is 1. The molecule has 2 N–H and O–H groups in total. The smallest absolute Gasteiger partial charge is 0.336 e. The van der Waals surface area contributed by atoms with Gasteiger partial charge in [0.1, 0.15) is 0 Å². The monoisotopic (exact) mass is 211 g/mol. The van der Waals surface area contributed by atoms with E-state index in [2.05, 4.69) is 5.32 Å². The number of hydrogen-bond donors (Lipinski definition) is 2. The molecular weight excluding hydrogens is 202 g/mol. The van der Waals surface area contributed by atoms with Crippen LogP contribution in [0.1, 0.15) is 28.4 Å². The Morgan fingerprint density at radius 3 is 2.79 bits per heavy atom. The number of rotatable bonds is 2. The van der Waals surface area contributed by atoms with Crippen molar-refractivity contribution in [1.29, 1.82) is 0 Å². The number of nitrogens with one attached hydrogen (secondary N) is 1. The summed E-state index contributed by atoms with van der Waals surface area (Å²) in [6.07, 6.45) is 0.973. The molecule has 0 radical (unpaired) electrons. The van der Waals surface area contributed by atoms with Crippen LogP contribution in [0.15, 0.2) is 18.2 Å². The highest BCUT2D eigenvalue weighted by atomic mass is 35.5. The highest BCUT2D eigenvalue weighted by Gasteiger charge is 2.23. The van der Waals surface area contributed by atoms with E-state index in [9.17, 15) is 4.79 Å². The van der Waals surface area contributed by atoms with Crippen molar-refractivity contribution in [1.82, 2.24) is 5.32 Å². The highest BCUT2D eigenvalue weighted by Crippen LogP contribution is 2.28. The van der Waals surface area contributed by atoms with Gasteiger partial charge in [-0.2, -0.15) is 0 Å². The Hall–Kier alpha value is -1.06. The zero-order valence-corrected chi connectivity index (χ0v) is 8.21. The molecule has 4 heteroatoms. The van der Waals surface area contributed by atoms with Gasteiger partial charge in [0.2, 0.25) is 0 Å². The van der Waals surface area contributed by atoms with Crippen LogP contribution in [0.25, 0.3) is 0 Å². The molecule has 0 aromatic heterocycles. The van der Waals surface area contributed by atoms with E-state index in [0.29, 0.717) is 10.6 Å². The normalized spacial score (nSPS) is 20.2. The Kier molecular flexibility index (Phi) is 2.44. The van der Waals surface area contributed by atoms with Gasteiger partial charge in [-0.15, -0.1) is 0 Å². The van der Waals surface area contributed by atoms with Gasteiger partial charge in [-0.1, -0.05) is 11.6 Å². The van der Waals surface area contributed by atoms with Crippen LogP contribution in [0.4, 0.5) is 0 Å². The first kappa shape index (κ1) is 9.49. The summed E-state index contributed by atoms with van der Waals surface area (Å²) in [5, 5.41) is 12.7. The predicted molar refractivity (Wildman–Crippen MR) is 53.8 cm³/mol. The SMILES string of the molecule is O=C(O)c1ccc(Cl)cc1C1CCN1. The lowest BCUT2D eigenvalue weighted by Crippen LogP contribution is -2.36. The molecule has 1 fully saturated rings. The van der Waals surface area contributed by atoms with Crippen LogP contribution < -0.4 is 5.32 Å². The van der Waals surface area contributed by atoms with E-state index in [1.807, 2.05) is 0 Å². The summed E-state index contributed by atoms with van der Waals surface area (Å²) in [7, 11) is 0. The Morgan fingerprint density at radius 1 is 1.57 bits per heavy atom. The number of carboxylic acid groups (broad SMARTS) is 1. The van der Waals surface area contributed by atoms with Gasteiger partial charge in [0, 0.05) is 11.1 Å². The molecule has 1 aromatic carbocycles. The number of carbonyl (C=O) groups is 1.